The molecule has 0 unspecified atom stereocenters. The predicted octanol–water partition coefficient (Wildman–Crippen LogP) is 0.0412. The van der Waals surface area contributed by atoms with Crippen LogP contribution in [0.15, 0.2) is 10.2 Å². The quantitative estimate of drug-likeness (QED) is 0.225. The Bertz CT molecular complexity index is 625. The molecule has 2 rings (SSSR count). The number of nitrogen functional groups attached to an aromatic ring is 3. The van der Waals surface area contributed by atoms with Gasteiger partial charge in [0.05, 0.1) is 0 Å². The van der Waals surface area contributed by atoms with E-state index >= 15 is 0 Å². The van der Waals surface area contributed by atoms with Crippen molar-refractivity contribution in [2.24, 2.45) is 21.9 Å². The zero-order valence-electron chi connectivity index (χ0n) is 8.97. The molecule has 0 fully saturated rings. The monoisotopic (exact) mass is 250 g/mol. The Morgan fingerprint density at radius 3 is 2.17 bits per heavy atom. The van der Waals surface area contributed by atoms with E-state index in [1.54, 1.807) is 0 Å². The fourth-order valence-corrected chi connectivity index (χ4v) is 1.64. The van der Waals surface area contributed by atoms with Gasteiger partial charge in [-0.2, -0.15) is 15.0 Å². The van der Waals surface area contributed by atoms with Crippen LogP contribution in [0, 0.1) is 11.1 Å². The molecule has 0 spiro atoms. The minimum absolute atomic E-state index is 0.0546. The summed E-state index contributed by atoms with van der Waals surface area (Å²) in [6.45, 7) is 0. The number of aromatic nitrogens is 3. The minimum atomic E-state index is 0.0546. The van der Waals surface area contributed by atoms with Crippen LogP contribution in [-0.2, 0) is 0 Å². The van der Waals surface area contributed by atoms with Crippen LogP contribution >= 0.6 is 0 Å². The fourth-order valence-electron chi connectivity index (χ4n) is 1.64. The lowest BCUT2D eigenvalue weighted by molar-refractivity contribution is 0.786. The third-order valence-electron chi connectivity index (χ3n) is 2.38. The molecule has 1 heterocycles. The summed E-state index contributed by atoms with van der Waals surface area (Å²) in [5.74, 6) is 16.3. The SMILES string of the molecule is N=Nc1c(NN)c(N=N)c2c(nnn2N)c1NN. The Morgan fingerprint density at radius 2 is 1.67 bits per heavy atom. The second-order valence-corrected chi connectivity index (χ2v) is 3.19. The number of hydrazine groups is 2. The second-order valence-electron chi connectivity index (χ2n) is 3.19. The van der Waals surface area contributed by atoms with E-state index in [4.69, 9.17) is 28.6 Å². The first-order chi connectivity index (χ1) is 8.69. The van der Waals surface area contributed by atoms with E-state index in [9.17, 15) is 0 Å². The molecule has 12 nitrogen and oxygen atoms in total. The smallest absolute Gasteiger partial charge is 0.144 e. The van der Waals surface area contributed by atoms with Gasteiger partial charge in [-0.25, -0.2) is 11.1 Å². The van der Waals surface area contributed by atoms with Crippen LogP contribution in [-0.4, -0.2) is 15.1 Å². The average molecular weight is 250 g/mol. The number of hydrogen-bond donors (Lipinski definition) is 7. The first-order valence-corrected chi connectivity index (χ1v) is 4.58. The normalized spacial score (nSPS) is 10.3. The molecule has 0 saturated carbocycles. The number of fused-ring (bicyclic) bond motifs is 1. The predicted molar refractivity (Wildman–Crippen MR) is 62.9 cm³/mol. The van der Waals surface area contributed by atoms with Crippen molar-refractivity contribution in [1.82, 2.24) is 15.1 Å². The van der Waals surface area contributed by atoms with Crippen molar-refractivity contribution in [3.05, 3.63) is 0 Å². The first kappa shape index (κ1) is 11.6. The number of nitrogens with zero attached hydrogens (tertiary/aromatic N) is 5. The van der Waals surface area contributed by atoms with Crippen LogP contribution in [0.5, 0.6) is 0 Å². The van der Waals surface area contributed by atoms with Crippen LogP contribution in [0.1, 0.15) is 0 Å². The largest absolute Gasteiger partial charge is 0.321 e. The molecular formula is C6H10N12. The highest BCUT2D eigenvalue weighted by Crippen LogP contribution is 2.46. The van der Waals surface area contributed by atoms with Crippen LogP contribution < -0.4 is 28.4 Å². The maximum Gasteiger partial charge on any atom is 0.144 e. The molecule has 1 aromatic carbocycles. The summed E-state index contributed by atoms with van der Waals surface area (Å²) in [4.78, 5) is 0.929. The summed E-state index contributed by atoms with van der Waals surface area (Å²) in [5.41, 5.74) is 19.8. The van der Waals surface area contributed by atoms with E-state index in [1.807, 2.05) is 0 Å². The highest BCUT2D eigenvalue weighted by atomic mass is 15.6. The topological polar surface area (TPSA) is 205 Å². The molecule has 0 amide bonds. The minimum Gasteiger partial charge on any atom is -0.321 e. The Kier molecular flexibility index (Phi) is 2.70. The molecule has 1 aromatic heterocycles. The summed E-state index contributed by atoms with van der Waals surface area (Å²) in [7, 11) is 0. The summed E-state index contributed by atoms with van der Waals surface area (Å²) < 4.78 is 0. The van der Waals surface area contributed by atoms with Gasteiger partial charge < -0.3 is 16.7 Å². The molecule has 0 aliphatic rings. The molecule has 0 aliphatic carbocycles. The van der Waals surface area contributed by atoms with Crippen molar-refractivity contribution in [3.8, 4) is 0 Å². The van der Waals surface area contributed by atoms with Gasteiger partial charge in [-0.15, -0.1) is 5.10 Å². The van der Waals surface area contributed by atoms with Crippen molar-refractivity contribution in [1.29, 1.82) is 11.1 Å². The number of nitrogens with two attached hydrogens (primary N) is 3. The third kappa shape index (κ3) is 1.33. The van der Waals surface area contributed by atoms with Gasteiger partial charge in [-0.1, -0.05) is 0 Å². The molecule has 94 valence electrons. The highest BCUT2D eigenvalue weighted by molar-refractivity contribution is 6.08. The number of anilines is 2. The van der Waals surface area contributed by atoms with E-state index in [0.29, 0.717) is 0 Å². The first-order valence-electron chi connectivity index (χ1n) is 4.58. The number of nitrogens with one attached hydrogen (secondary N) is 4. The van der Waals surface area contributed by atoms with Gasteiger partial charge in [0.1, 0.15) is 33.8 Å². The molecule has 2 aromatic rings. The van der Waals surface area contributed by atoms with Crippen molar-refractivity contribution < 1.29 is 0 Å². The molecule has 12 heteroatoms. The van der Waals surface area contributed by atoms with Gasteiger partial charge in [0.25, 0.3) is 0 Å². The molecule has 0 saturated heterocycles. The van der Waals surface area contributed by atoms with Gasteiger partial charge in [-0.05, 0) is 5.21 Å². The molecule has 0 radical (unpaired) electrons. The Balaban J connectivity index is 3.05. The third-order valence-corrected chi connectivity index (χ3v) is 2.38. The molecule has 18 heavy (non-hydrogen) atoms. The van der Waals surface area contributed by atoms with Crippen LogP contribution in [0.3, 0.4) is 0 Å². The van der Waals surface area contributed by atoms with Gasteiger partial charge in [0.2, 0.25) is 0 Å². The number of rotatable bonds is 4. The number of hydrogen-bond acceptors (Lipinski definition) is 11. The zero-order chi connectivity index (χ0) is 13.3. The Hall–Kier alpha value is -2.86. The average Bonchev–Trinajstić information content (AvgIpc) is 2.77. The standard InChI is InChI=1S/C6H10N12/c7-12-1-2(13-8)4(15-10)6-5(3(1)14-9)16-17-18(6)11/h7,10,13-14H,8-9,11H2. The van der Waals surface area contributed by atoms with E-state index in [-0.39, 0.29) is 33.8 Å². The van der Waals surface area contributed by atoms with Gasteiger partial charge in [0.15, 0.2) is 0 Å². The van der Waals surface area contributed by atoms with Crippen molar-refractivity contribution in [2.75, 3.05) is 16.7 Å². The lowest BCUT2D eigenvalue weighted by atomic mass is 10.1. The van der Waals surface area contributed by atoms with Crippen LogP contribution in [0.4, 0.5) is 22.7 Å². The van der Waals surface area contributed by atoms with Gasteiger partial charge >= 0.3 is 0 Å². The van der Waals surface area contributed by atoms with E-state index < -0.39 is 0 Å². The van der Waals surface area contributed by atoms with Gasteiger partial charge in [-0.3, -0.25) is 11.7 Å². The lowest BCUT2D eigenvalue weighted by Gasteiger charge is -2.12. The number of benzene rings is 1. The van der Waals surface area contributed by atoms with E-state index in [0.717, 1.165) is 4.79 Å². The molecular weight excluding hydrogens is 240 g/mol. The van der Waals surface area contributed by atoms with Gasteiger partial charge in [0, 0.05) is 0 Å². The molecule has 0 bridgehead atoms. The molecule has 0 atom stereocenters. The highest BCUT2D eigenvalue weighted by Gasteiger charge is 2.23. The molecule has 0 aliphatic heterocycles. The fraction of sp³-hybridized carbons (Fsp3) is 0. The Morgan fingerprint density at radius 1 is 1.06 bits per heavy atom. The molecule has 10 N–H and O–H groups in total. The maximum atomic E-state index is 7.16. The van der Waals surface area contributed by atoms with E-state index in [2.05, 4.69) is 31.4 Å². The van der Waals surface area contributed by atoms with Crippen LogP contribution in [0.25, 0.3) is 11.0 Å². The lowest BCUT2D eigenvalue weighted by Crippen LogP contribution is -2.13. The second kappa shape index (κ2) is 4.19. The summed E-state index contributed by atoms with van der Waals surface area (Å²) in [5, 5.41) is 14.0. The van der Waals surface area contributed by atoms with Crippen molar-refractivity contribution in [3.63, 3.8) is 0 Å². The zero-order valence-corrected chi connectivity index (χ0v) is 8.97. The van der Waals surface area contributed by atoms with Crippen LogP contribution in [0.2, 0.25) is 0 Å². The van der Waals surface area contributed by atoms with Crippen molar-refractivity contribution in [2.45, 2.75) is 0 Å². The van der Waals surface area contributed by atoms with E-state index in [1.165, 1.54) is 0 Å². The maximum absolute atomic E-state index is 7.16. The Labute approximate surface area is 99.4 Å². The van der Waals surface area contributed by atoms with Crippen molar-refractivity contribution >= 4 is 33.8 Å². The summed E-state index contributed by atoms with van der Waals surface area (Å²) >= 11 is 0. The summed E-state index contributed by atoms with van der Waals surface area (Å²) in [6, 6.07) is 0. The summed E-state index contributed by atoms with van der Waals surface area (Å²) in [6.07, 6.45) is 0.